The molecule has 0 radical (unpaired) electrons. The Balaban J connectivity index is 3.12. The monoisotopic (exact) mass is 161 g/mol. The molecule has 0 unspecified atom stereocenters. The van der Waals surface area contributed by atoms with Gasteiger partial charge < -0.3 is 5.11 Å². The van der Waals surface area contributed by atoms with Crippen molar-refractivity contribution in [2.45, 2.75) is 19.8 Å². The number of phenols is 1. The molecule has 0 heterocycles. The normalized spacial score (nSPS) is 9.83. The third-order valence-corrected chi connectivity index (χ3v) is 1.81. The van der Waals surface area contributed by atoms with Gasteiger partial charge in [0.25, 0.3) is 0 Å². The summed E-state index contributed by atoms with van der Waals surface area (Å²) in [4.78, 5) is 0. The summed E-state index contributed by atoms with van der Waals surface area (Å²) >= 11 is 0. The molecule has 0 aliphatic carbocycles. The van der Waals surface area contributed by atoms with Gasteiger partial charge in [-0.05, 0) is 23.6 Å². The number of phenolic OH excluding ortho intramolecular Hbond substituents is 1. The van der Waals surface area contributed by atoms with Crippen molar-refractivity contribution >= 4 is 0 Å². The number of nitrogens with zero attached hydrogens (tertiary/aromatic N) is 1. The highest BCUT2D eigenvalue weighted by atomic mass is 16.3. The minimum absolute atomic E-state index is 0.0729. The van der Waals surface area contributed by atoms with Gasteiger partial charge in [-0.15, -0.1) is 0 Å². The standard InChI is InChI=1S/C10H11NO/c1-7(2)8-3-4-9(6-11)10(12)5-8/h3-5,7,12H,1-2H3. The molecule has 0 aliphatic rings. The van der Waals surface area contributed by atoms with E-state index < -0.39 is 0 Å². The van der Waals surface area contributed by atoms with Crippen LogP contribution in [0.15, 0.2) is 18.2 Å². The van der Waals surface area contributed by atoms with Gasteiger partial charge in [0.2, 0.25) is 0 Å². The molecule has 0 spiro atoms. The minimum Gasteiger partial charge on any atom is -0.507 e. The molecule has 1 N–H and O–H groups in total. The molecule has 1 rings (SSSR count). The number of hydrogen-bond acceptors (Lipinski definition) is 2. The van der Waals surface area contributed by atoms with Crippen LogP contribution >= 0.6 is 0 Å². The van der Waals surface area contributed by atoms with Crippen LogP contribution in [0, 0.1) is 11.3 Å². The summed E-state index contributed by atoms with van der Waals surface area (Å²) in [7, 11) is 0. The summed E-state index contributed by atoms with van der Waals surface area (Å²) < 4.78 is 0. The molecule has 0 atom stereocenters. The van der Waals surface area contributed by atoms with E-state index in [0.29, 0.717) is 11.5 Å². The third-order valence-electron chi connectivity index (χ3n) is 1.81. The highest BCUT2D eigenvalue weighted by Crippen LogP contribution is 2.22. The predicted octanol–water partition coefficient (Wildman–Crippen LogP) is 2.39. The number of hydrogen-bond donors (Lipinski definition) is 1. The summed E-state index contributed by atoms with van der Waals surface area (Å²) in [5.41, 5.74) is 1.38. The number of nitriles is 1. The van der Waals surface area contributed by atoms with Crippen LogP contribution in [0.2, 0.25) is 0 Å². The van der Waals surface area contributed by atoms with Gasteiger partial charge in [-0.3, -0.25) is 0 Å². The van der Waals surface area contributed by atoms with Crippen LogP contribution < -0.4 is 0 Å². The SMILES string of the molecule is CC(C)c1ccc(C#N)c(O)c1. The third kappa shape index (κ3) is 1.57. The lowest BCUT2D eigenvalue weighted by Gasteiger charge is -2.05. The van der Waals surface area contributed by atoms with E-state index in [1.807, 2.05) is 26.0 Å². The van der Waals surface area contributed by atoms with Gasteiger partial charge in [-0.1, -0.05) is 19.9 Å². The lowest BCUT2D eigenvalue weighted by Crippen LogP contribution is -1.87. The van der Waals surface area contributed by atoms with E-state index in [4.69, 9.17) is 5.26 Å². The molecule has 2 nitrogen and oxygen atoms in total. The van der Waals surface area contributed by atoms with Crippen LogP contribution in [-0.2, 0) is 0 Å². The maximum absolute atomic E-state index is 9.32. The number of rotatable bonds is 1. The molecule has 0 amide bonds. The molecule has 0 aliphatic heterocycles. The van der Waals surface area contributed by atoms with Crippen LogP contribution in [0.3, 0.4) is 0 Å². The maximum atomic E-state index is 9.32. The van der Waals surface area contributed by atoms with E-state index in [1.165, 1.54) is 0 Å². The Bertz CT molecular complexity index is 323. The lowest BCUT2D eigenvalue weighted by molar-refractivity contribution is 0.472. The van der Waals surface area contributed by atoms with Crippen molar-refractivity contribution in [1.82, 2.24) is 0 Å². The van der Waals surface area contributed by atoms with Gasteiger partial charge in [-0.25, -0.2) is 0 Å². The van der Waals surface area contributed by atoms with Gasteiger partial charge in [0.15, 0.2) is 0 Å². The quantitative estimate of drug-likeness (QED) is 0.687. The molecule has 12 heavy (non-hydrogen) atoms. The van der Waals surface area contributed by atoms with Crippen LogP contribution in [0.1, 0.15) is 30.9 Å². The molecular weight excluding hydrogens is 150 g/mol. The highest BCUT2D eigenvalue weighted by molar-refractivity contribution is 5.44. The van der Waals surface area contributed by atoms with Crippen molar-refractivity contribution in [3.63, 3.8) is 0 Å². The zero-order valence-electron chi connectivity index (χ0n) is 7.20. The molecule has 0 saturated heterocycles. The minimum atomic E-state index is 0.0729. The topological polar surface area (TPSA) is 44.0 Å². The van der Waals surface area contributed by atoms with E-state index >= 15 is 0 Å². The maximum Gasteiger partial charge on any atom is 0.133 e. The molecule has 1 aromatic rings. The van der Waals surface area contributed by atoms with Gasteiger partial charge in [-0.2, -0.15) is 5.26 Å². The van der Waals surface area contributed by atoms with Crippen LogP contribution in [0.25, 0.3) is 0 Å². The van der Waals surface area contributed by atoms with E-state index in [0.717, 1.165) is 5.56 Å². The first-order valence-electron chi connectivity index (χ1n) is 3.88. The van der Waals surface area contributed by atoms with Gasteiger partial charge >= 0.3 is 0 Å². The van der Waals surface area contributed by atoms with Gasteiger partial charge in [0.05, 0.1) is 5.56 Å². The van der Waals surface area contributed by atoms with E-state index in [-0.39, 0.29) is 5.75 Å². The smallest absolute Gasteiger partial charge is 0.133 e. The van der Waals surface area contributed by atoms with Crippen molar-refractivity contribution in [2.24, 2.45) is 0 Å². The first-order chi connectivity index (χ1) is 5.65. The van der Waals surface area contributed by atoms with E-state index in [1.54, 1.807) is 12.1 Å². The molecule has 62 valence electrons. The average molecular weight is 161 g/mol. The molecule has 1 aromatic carbocycles. The lowest BCUT2D eigenvalue weighted by atomic mass is 10.0. The molecule has 0 saturated carbocycles. The molecule has 2 heteroatoms. The number of benzene rings is 1. The fraction of sp³-hybridized carbons (Fsp3) is 0.300. The molecule has 0 fully saturated rings. The Morgan fingerprint density at radius 3 is 2.50 bits per heavy atom. The summed E-state index contributed by atoms with van der Waals surface area (Å²) in [6.07, 6.45) is 0. The van der Waals surface area contributed by atoms with Gasteiger partial charge in [0, 0.05) is 0 Å². The van der Waals surface area contributed by atoms with Crippen molar-refractivity contribution < 1.29 is 5.11 Å². The van der Waals surface area contributed by atoms with Crippen molar-refractivity contribution in [1.29, 1.82) is 5.26 Å². The second-order valence-corrected chi connectivity index (χ2v) is 3.04. The fourth-order valence-corrected chi connectivity index (χ4v) is 1.00. The van der Waals surface area contributed by atoms with E-state index in [9.17, 15) is 5.11 Å². The van der Waals surface area contributed by atoms with Gasteiger partial charge in [0.1, 0.15) is 11.8 Å². The summed E-state index contributed by atoms with van der Waals surface area (Å²) in [5.74, 6) is 0.451. The molecular formula is C10H11NO. The second-order valence-electron chi connectivity index (χ2n) is 3.04. The van der Waals surface area contributed by atoms with Crippen molar-refractivity contribution in [2.75, 3.05) is 0 Å². The van der Waals surface area contributed by atoms with Crippen LogP contribution in [0.4, 0.5) is 0 Å². The van der Waals surface area contributed by atoms with E-state index in [2.05, 4.69) is 0 Å². The largest absolute Gasteiger partial charge is 0.507 e. The zero-order valence-corrected chi connectivity index (χ0v) is 7.20. The van der Waals surface area contributed by atoms with Crippen LogP contribution in [-0.4, -0.2) is 5.11 Å². The fourth-order valence-electron chi connectivity index (χ4n) is 1.00. The Morgan fingerprint density at radius 2 is 2.08 bits per heavy atom. The Hall–Kier alpha value is -1.49. The van der Waals surface area contributed by atoms with Crippen molar-refractivity contribution in [3.8, 4) is 11.8 Å². The molecule has 0 aromatic heterocycles. The average Bonchev–Trinajstić information content (AvgIpc) is 2.04. The molecule has 0 bridgehead atoms. The Labute approximate surface area is 72.1 Å². The first-order valence-corrected chi connectivity index (χ1v) is 3.88. The zero-order chi connectivity index (χ0) is 9.14. The second kappa shape index (κ2) is 3.27. The summed E-state index contributed by atoms with van der Waals surface area (Å²) in [6, 6.07) is 7.06. The predicted molar refractivity (Wildman–Crippen MR) is 46.9 cm³/mol. The Morgan fingerprint density at radius 1 is 1.42 bits per heavy atom. The summed E-state index contributed by atoms with van der Waals surface area (Å²) in [6.45, 7) is 4.08. The highest BCUT2D eigenvalue weighted by Gasteiger charge is 2.03. The first kappa shape index (κ1) is 8.61. The van der Waals surface area contributed by atoms with Crippen molar-refractivity contribution in [3.05, 3.63) is 29.3 Å². The van der Waals surface area contributed by atoms with Crippen LogP contribution in [0.5, 0.6) is 5.75 Å². The number of aromatic hydroxyl groups is 1. The Kier molecular flexibility index (Phi) is 2.35. The summed E-state index contributed by atoms with van der Waals surface area (Å²) in [5, 5.41) is 17.9.